The van der Waals surface area contributed by atoms with E-state index in [0.717, 1.165) is 58.0 Å². The number of aliphatic hydroxyl groups is 1. The first-order valence-corrected chi connectivity index (χ1v) is 13.0. The Morgan fingerprint density at radius 2 is 1.91 bits per heavy atom. The summed E-state index contributed by atoms with van der Waals surface area (Å²) in [4.78, 5) is 24.5. The highest BCUT2D eigenvalue weighted by molar-refractivity contribution is 5.85. The average Bonchev–Trinajstić information content (AvgIpc) is 3.38. The monoisotopic (exact) mass is 473 g/mol. The maximum Gasteiger partial charge on any atom is 0.358 e. The summed E-state index contributed by atoms with van der Waals surface area (Å²) >= 11 is 0. The standard InChI is InChI=1S/C26H39N3O5/c1-24(33)10-11-26(15-34-3)16(12-24)4-5-17-18-6-7-20(25(18,2)9-8-19(17)26)22(30)14-29-13-21(23(31)32)27-28-29/h13,16-20,33H,4-12,14-15H2,1-3H3,(H,31,32)/t16-,17-,18-,19-,20+,24+,25-,26+/m0/s1. The number of carboxylic acids is 1. The van der Waals surface area contributed by atoms with Crippen LogP contribution in [0.15, 0.2) is 6.20 Å². The molecular weight excluding hydrogens is 434 g/mol. The molecule has 0 aromatic carbocycles. The van der Waals surface area contributed by atoms with E-state index in [2.05, 4.69) is 17.2 Å². The van der Waals surface area contributed by atoms with Crippen LogP contribution in [-0.2, 0) is 16.1 Å². The second kappa shape index (κ2) is 8.40. The van der Waals surface area contributed by atoms with Gasteiger partial charge in [-0.2, -0.15) is 0 Å². The van der Waals surface area contributed by atoms with Gasteiger partial charge in [0.2, 0.25) is 0 Å². The Hall–Kier alpha value is -1.80. The maximum absolute atomic E-state index is 13.4. The summed E-state index contributed by atoms with van der Waals surface area (Å²) in [5, 5.41) is 27.4. The fourth-order valence-electron chi connectivity index (χ4n) is 9.06. The first-order valence-electron chi connectivity index (χ1n) is 13.0. The molecule has 1 heterocycles. The number of carbonyl (C=O) groups is 2. The Balaban J connectivity index is 1.35. The van der Waals surface area contributed by atoms with Gasteiger partial charge in [0.25, 0.3) is 0 Å². The summed E-state index contributed by atoms with van der Waals surface area (Å²) in [5.41, 5.74) is -0.562. The van der Waals surface area contributed by atoms with E-state index in [1.54, 1.807) is 0 Å². The number of fused-ring (bicyclic) bond motifs is 5. The van der Waals surface area contributed by atoms with E-state index in [0.29, 0.717) is 23.7 Å². The molecule has 8 nitrogen and oxygen atoms in total. The van der Waals surface area contributed by atoms with Gasteiger partial charge < -0.3 is 14.9 Å². The lowest BCUT2D eigenvalue weighted by Crippen LogP contribution is -2.58. The Labute approximate surface area is 201 Å². The Kier molecular flexibility index (Phi) is 5.91. The fourth-order valence-corrected chi connectivity index (χ4v) is 9.06. The first kappa shape index (κ1) is 23.9. The van der Waals surface area contributed by atoms with Gasteiger partial charge in [-0.05, 0) is 99.2 Å². The number of aromatic carboxylic acids is 1. The predicted molar refractivity (Wildman–Crippen MR) is 124 cm³/mol. The minimum absolute atomic E-state index is 0.0147. The molecule has 8 atom stereocenters. The van der Waals surface area contributed by atoms with E-state index in [-0.39, 0.29) is 34.8 Å². The third-order valence-electron chi connectivity index (χ3n) is 10.5. The van der Waals surface area contributed by atoms with E-state index in [4.69, 9.17) is 9.84 Å². The van der Waals surface area contributed by atoms with Gasteiger partial charge in [-0.1, -0.05) is 12.1 Å². The van der Waals surface area contributed by atoms with Crippen molar-refractivity contribution in [1.29, 1.82) is 0 Å². The molecule has 5 rings (SSSR count). The van der Waals surface area contributed by atoms with Crippen LogP contribution in [0.5, 0.6) is 0 Å². The van der Waals surface area contributed by atoms with Crippen molar-refractivity contribution in [3.63, 3.8) is 0 Å². The van der Waals surface area contributed by atoms with Gasteiger partial charge >= 0.3 is 5.97 Å². The van der Waals surface area contributed by atoms with Gasteiger partial charge in [0.15, 0.2) is 11.5 Å². The quantitative estimate of drug-likeness (QED) is 0.649. The number of aromatic nitrogens is 3. The van der Waals surface area contributed by atoms with Crippen LogP contribution in [0.25, 0.3) is 0 Å². The third-order valence-corrected chi connectivity index (χ3v) is 10.5. The predicted octanol–water partition coefficient (Wildman–Crippen LogP) is 3.58. The zero-order valence-corrected chi connectivity index (χ0v) is 20.7. The van der Waals surface area contributed by atoms with Crippen molar-refractivity contribution in [3.8, 4) is 0 Å². The van der Waals surface area contributed by atoms with Gasteiger partial charge in [0, 0.05) is 13.0 Å². The summed E-state index contributed by atoms with van der Waals surface area (Å²) in [6, 6.07) is 0. The molecule has 0 aliphatic heterocycles. The van der Waals surface area contributed by atoms with Crippen LogP contribution in [-0.4, -0.2) is 56.3 Å². The number of methoxy groups -OCH3 is 1. The highest BCUT2D eigenvalue weighted by atomic mass is 16.5. The molecule has 0 amide bonds. The molecule has 4 saturated carbocycles. The van der Waals surface area contributed by atoms with Crippen LogP contribution in [0.2, 0.25) is 0 Å². The van der Waals surface area contributed by atoms with Gasteiger partial charge in [-0.25, -0.2) is 9.48 Å². The molecular formula is C26H39N3O5. The van der Waals surface area contributed by atoms with Crippen LogP contribution in [0, 0.1) is 40.4 Å². The first-order chi connectivity index (χ1) is 16.1. The average molecular weight is 474 g/mol. The van der Waals surface area contributed by atoms with Crippen LogP contribution in [0.1, 0.15) is 82.1 Å². The van der Waals surface area contributed by atoms with Gasteiger partial charge in [-0.15, -0.1) is 5.10 Å². The molecule has 2 N–H and O–H groups in total. The SMILES string of the molecule is COC[C@]12CC[C@@](C)(O)C[C@@H]1CC[C@H]1[C@@H]3CC[C@H](C(=O)Cn4cc(C(=O)O)nn4)[C@@]3(C)CC[C@@H]12. The number of ketones is 1. The minimum Gasteiger partial charge on any atom is -0.476 e. The van der Waals surface area contributed by atoms with Crippen molar-refractivity contribution in [3.05, 3.63) is 11.9 Å². The number of carboxylic acid groups (broad SMARTS) is 1. The minimum atomic E-state index is -1.13. The zero-order valence-electron chi connectivity index (χ0n) is 20.7. The molecule has 4 fully saturated rings. The van der Waals surface area contributed by atoms with E-state index >= 15 is 0 Å². The highest BCUT2D eigenvalue weighted by Gasteiger charge is 2.63. The normalized spacial score (nSPS) is 43.6. The second-order valence-electron chi connectivity index (χ2n) is 12.3. The zero-order chi connectivity index (χ0) is 24.3. The topological polar surface area (TPSA) is 115 Å². The molecule has 4 aliphatic rings. The van der Waals surface area contributed by atoms with Crippen LogP contribution in [0.3, 0.4) is 0 Å². The molecule has 1 aromatic rings. The maximum atomic E-state index is 13.4. The summed E-state index contributed by atoms with van der Waals surface area (Å²) in [7, 11) is 1.82. The Morgan fingerprint density at radius 3 is 2.62 bits per heavy atom. The number of hydrogen-bond acceptors (Lipinski definition) is 6. The van der Waals surface area contributed by atoms with Crippen molar-refractivity contribution in [1.82, 2.24) is 15.0 Å². The van der Waals surface area contributed by atoms with Crippen LogP contribution in [0.4, 0.5) is 0 Å². The van der Waals surface area contributed by atoms with Crippen molar-refractivity contribution in [2.75, 3.05) is 13.7 Å². The van der Waals surface area contributed by atoms with Gasteiger partial charge in [0.1, 0.15) is 6.54 Å². The Bertz CT molecular complexity index is 960. The van der Waals surface area contributed by atoms with E-state index in [9.17, 15) is 14.7 Å². The molecule has 0 spiro atoms. The number of Topliss-reactive ketones (excluding diaryl/α,β-unsaturated/α-hetero) is 1. The lowest BCUT2D eigenvalue weighted by atomic mass is 9.43. The van der Waals surface area contributed by atoms with Crippen LogP contribution < -0.4 is 0 Å². The lowest BCUT2D eigenvalue weighted by molar-refractivity contribution is -0.175. The van der Waals surface area contributed by atoms with Crippen molar-refractivity contribution >= 4 is 11.8 Å². The second-order valence-corrected chi connectivity index (χ2v) is 12.3. The number of nitrogens with zero attached hydrogens (tertiary/aromatic N) is 3. The molecule has 4 aliphatic carbocycles. The number of carbonyl (C=O) groups excluding carboxylic acids is 1. The summed E-state index contributed by atoms with van der Waals surface area (Å²) in [6.07, 6.45) is 10.6. The van der Waals surface area contributed by atoms with E-state index < -0.39 is 11.6 Å². The van der Waals surface area contributed by atoms with Gasteiger partial charge in [0.05, 0.1) is 18.4 Å². The number of rotatable bonds is 6. The van der Waals surface area contributed by atoms with Gasteiger partial charge in [-0.3, -0.25) is 4.79 Å². The summed E-state index contributed by atoms with van der Waals surface area (Å²) in [6.45, 7) is 5.19. The summed E-state index contributed by atoms with van der Waals surface area (Å²) in [5.74, 6) is 1.26. The summed E-state index contributed by atoms with van der Waals surface area (Å²) < 4.78 is 7.22. The molecule has 0 unspecified atom stereocenters. The van der Waals surface area contributed by atoms with Crippen LogP contribution >= 0.6 is 0 Å². The number of hydrogen-bond donors (Lipinski definition) is 2. The largest absolute Gasteiger partial charge is 0.476 e. The molecule has 1 aromatic heterocycles. The molecule has 0 bridgehead atoms. The number of ether oxygens (including phenoxy) is 1. The van der Waals surface area contributed by atoms with Crippen molar-refractivity contribution < 1.29 is 24.5 Å². The van der Waals surface area contributed by atoms with Crippen molar-refractivity contribution in [2.45, 2.75) is 83.8 Å². The van der Waals surface area contributed by atoms with E-state index in [1.807, 2.05) is 14.0 Å². The molecule has 0 saturated heterocycles. The van der Waals surface area contributed by atoms with Crippen molar-refractivity contribution in [2.24, 2.45) is 40.4 Å². The molecule has 34 heavy (non-hydrogen) atoms. The molecule has 0 radical (unpaired) electrons. The Morgan fingerprint density at radius 1 is 1.12 bits per heavy atom. The smallest absolute Gasteiger partial charge is 0.358 e. The lowest BCUT2D eigenvalue weighted by Gasteiger charge is -2.62. The highest BCUT2D eigenvalue weighted by Crippen LogP contribution is 2.68. The third kappa shape index (κ3) is 3.72. The molecule has 8 heteroatoms. The van der Waals surface area contributed by atoms with E-state index in [1.165, 1.54) is 17.3 Å². The fraction of sp³-hybridized carbons (Fsp3) is 0.846. The molecule has 188 valence electrons.